The average Bonchev–Trinajstić information content (AvgIpc) is 2.30. The van der Waals surface area contributed by atoms with E-state index in [-0.39, 0.29) is 11.8 Å². The average molecular weight is 258 g/mol. The van der Waals surface area contributed by atoms with Crippen LogP contribution in [0.1, 0.15) is 13.3 Å². The van der Waals surface area contributed by atoms with Gasteiger partial charge in [0.05, 0.1) is 12.7 Å². The topological polar surface area (TPSA) is 58.6 Å². The molecule has 5 heteroatoms. The van der Waals surface area contributed by atoms with Gasteiger partial charge in [-0.3, -0.25) is 4.79 Å². The van der Waals surface area contributed by atoms with E-state index in [9.17, 15) is 9.90 Å². The summed E-state index contributed by atoms with van der Waals surface area (Å²) in [5.41, 5.74) is 0.727. The molecule has 0 unspecified atom stereocenters. The molecule has 0 radical (unpaired) electrons. The third kappa shape index (κ3) is 5.56. The molecule has 0 spiro atoms. The van der Waals surface area contributed by atoms with Gasteiger partial charge in [0.25, 0.3) is 0 Å². The SMILES string of the molecule is CC(=O)Nc1ccc(OCC[C@@H](O)CCl)cc1. The highest BCUT2D eigenvalue weighted by Crippen LogP contribution is 2.15. The molecule has 0 saturated heterocycles. The van der Waals surface area contributed by atoms with Crippen molar-refractivity contribution in [3.63, 3.8) is 0 Å². The Morgan fingerprint density at radius 3 is 2.65 bits per heavy atom. The van der Waals surface area contributed by atoms with E-state index in [0.29, 0.717) is 18.8 Å². The predicted molar refractivity (Wildman–Crippen MR) is 67.6 cm³/mol. The van der Waals surface area contributed by atoms with Crippen LogP contribution >= 0.6 is 11.6 Å². The molecule has 1 amide bonds. The molecular formula is C12H16ClNO3. The van der Waals surface area contributed by atoms with Crippen LogP contribution in [-0.4, -0.2) is 29.6 Å². The Morgan fingerprint density at radius 1 is 1.47 bits per heavy atom. The summed E-state index contributed by atoms with van der Waals surface area (Å²) in [7, 11) is 0. The van der Waals surface area contributed by atoms with Gasteiger partial charge in [0.15, 0.2) is 0 Å². The number of carbonyl (C=O) groups excluding carboxylic acids is 1. The Balaban J connectivity index is 2.37. The minimum Gasteiger partial charge on any atom is -0.493 e. The van der Waals surface area contributed by atoms with Crippen molar-refractivity contribution in [3.05, 3.63) is 24.3 Å². The predicted octanol–water partition coefficient (Wildman–Crippen LogP) is 2.01. The highest BCUT2D eigenvalue weighted by Gasteiger charge is 2.02. The fourth-order valence-corrected chi connectivity index (χ4v) is 1.38. The lowest BCUT2D eigenvalue weighted by Gasteiger charge is -2.09. The van der Waals surface area contributed by atoms with Crippen molar-refractivity contribution in [2.24, 2.45) is 0 Å². The van der Waals surface area contributed by atoms with Gasteiger partial charge in [-0.15, -0.1) is 11.6 Å². The van der Waals surface area contributed by atoms with E-state index in [2.05, 4.69) is 5.32 Å². The lowest BCUT2D eigenvalue weighted by molar-refractivity contribution is -0.114. The summed E-state index contributed by atoms with van der Waals surface area (Å²) in [6.45, 7) is 1.87. The lowest BCUT2D eigenvalue weighted by atomic mass is 10.3. The molecule has 94 valence electrons. The summed E-state index contributed by atoms with van der Waals surface area (Å²) in [6, 6.07) is 7.04. The summed E-state index contributed by atoms with van der Waals surface area (Å²) < 4.78 is 5.41. The number of hydrogen-bond acceptors (Lipinski definition) is 3. The fourth-order valence-electron chi connectivity index (χ4n) is 1.23. The minimum absolute atomic E-state index is 0.107. The van der Waals surface area contributed by atoms with Gasteiger partial charge in [0, 0.05) is 24.9 Å². The molecule has 0 heterocycles. The molecule has 2 N–H and O–H groups in total. The molecule has 0 aliphatic carbocycles. The molecule has 4 nitrogen and oxygen atoms in total. The van der Waals surface area contributed by atoms with Crippen LogP contribution in [0.3, 0.4) is 0 Å². The van der Waals surface area contributed by atoms with E-state index in [1.54, 1.807) is 24.3 Å². The summed E-state index contributed by atoms with van der Waals surface area (Å²) in [5.74, 6) is 0.801. The molecule has 0 fully saturated rings. The second-order valence-corrected chi connectivity index (χ2v) is 3.96. The molecule has 1 aromatic carbocycles. The number of rotatable bonds is 6. The normalized spacial score (nSPS) is 11.9. The third-order valence-electron chi connectivity index (χ3n) is 2.07. The molecule has 0 aromatic heterocycles. The van der Waals surface area contributed by atoms with Gasteiger partial charge >= 0.3 is 0 Å². The van der Waals surface area contributed by atoms with E-state index in [1.807, 2.05) is 0 Å². The number of ether oxygens (including phenoxy) is 1. The summed E-state index contributed by atoms with van der Waals surface area (Å²) in [6.07, 6.45) is -0.0351. The zero-order valence-corrected chi connectivity index (χ0v) is 10.4. The van der Waals surface area contributed by atoms with Gasteiger partial charge in [-0.2, -0.15) is 0 Å². The summed E-state index contributed by atoms with van der Waals surface area (Å²) in [4.78, 5) is 10.8. The van der Waals surface area contributed by atoms with Crippen LogP contribution in [0.5, 0.6) is 5.75 Å². The van der Waals surface area contributed by atoms with Crippen LogP contribution in [0.25, 0.3) is 0 Å². The van der Waals surface area contributed by atoms with Crippen LogP contribution in [0.2, 0.25) is 0 Å². The van der Waals surface area contributed by atoms with Crippen LogP contribution in [-0.2, 0) is 4.79 Å². The molecule has 1 aromatic rings. The van der Waals surface area contributed by atoms with Gasteiger partial charge in [-0.05, 0) is 24.3 Å². The number of nitrogens with one attached hydrogen (secondary N) is 1. The highest BCUT2D eigenvalue weighted by molar-refractivity contribution is 6.18. The van der Waals surface area contributed by atoms with E-state index >= 15 is 0 Å². The van der Waals surface area contributed by atoms with Gasteiger partial charge in [0.1, 0.15) is 5.75 Å². The molecule has 0 saturated carbocycles. The first-order valence-electron chi connectivity index (χ1n) is 5.36. The maximum atomic E-state index is 10.8. The van der Waals surface area contributed by atoms with Crippen molar-refractivity contribution in [2.45, 2.75) is 19.4 Å². The number of anilines is 1. The maximum Gasteiger partial charge on any atom is 0.221 e. The van der Waals surface area contributed by atoms with E-state index in [4.69, 9.17) is 16.3 Å². The number of benzene rings is 1. The second kappa shape index (κ2) is 7.14. The summed E-state index contributed by atoms with van der Waals surface area (Å²) in [5, 5.41) is 11.9. The monoisotopic (exact) mass is 257 g/mol. The Kier molecular flexibility index (Phi) is 5.80. The third-order valence-corrected chi connectivity index (χ3v) is 2.43. The zero-order valence-electron chi connectivity index (χ0n) is 9.65. The number of hydrogen-bond donors (Lipinski definition) is 2. The molecule has 0 aliphatic rings. The van der Waals surface area contributed by atoms with Crippen molar-refractivity contribution in [1.82, 2.24) is 0 Å². The van der Waals surface area contributed by atoms with Gasteiger partial charge in [-0.1, -0.05) is 0 Å². The zero-order chi connectivity index (χ0) is 12.7. The Bertz CT molecular complexity index is 353. The Labute approximate surface area is 106 Å². The van der Waals surface area contributed by atoms with Gasteiger partial charge < -0.3 is 15.2 Å². The van der Waals surface area contributed by atoms with Gasteiger partial charge in [-0.25, -0.2) is 0 Å². The molecule has 1 rings (SSSR count). The Morgan fingerprint density at radius 2 is 2.12 bits per heavy atom. The van der Waals surface area contributed by atoms with Crippen molar-refractivity contribution in [3.8, 4) is 5.75 Å². The second-order valence-electron chi connectivity index (χ2n) is 3.65. The van der Waals surface area contributed by atoms with Crippen molar-refractivity contribution < 1.29 is 14.6 Å². The first-order chi connectivity index (χ1) is 8.11. The van der Waals surface area contributed by atoms with Crippen molar-refractivity contribution in [1.29, 1.82) is 0 Å². The molecule has 17 heavy (non-hydrogen) atoms. The summed E-state index contributed by atoms with van der Waals surface area (Å²) >= 11 is 5.46. The fraction of sp³-hybridized carbons (Fsp3) is 0.417. The quantitative estimate of drug-likeness (QED) is 0.767. The van der Waals surface area contributed by atoms with Crippen molar-refractivity contribution >= 4 is 23.2 Å². The first kappa shape index (κ1) is 13.8. The standard InChI is InChI=1S/C12H16ClNO3/c1-9(15)14-10-2-4-12(5-3-10)17-7-6-11(16)8-13/h2-5,11,16H,6-8H2,1H3,(H,14,15)/t11-/m1/s1. The highest BCUT2D eigenvalue weighted by atomic mass is 35.5. The number of aliphatic hydroxyl groups is 1. The van der Waals surface area contributed by atoms with Crippen LogP contribution in [0.15, 0.2) is 24.3 Å². The largest absolute Gasteiger partial charge is 0.493 e. The minimum atomic E-state index is -0.532. The van der Waals surface area contributed by atoms with E-state index in [0.717, 1.165) is 5.69 Å². The van der Waals surface area contributed by atoms with E-state index in [1.165, 1.54) is 6.92 Å². The molecular weight excluding hydrogens is 242 g/mol. The smallest absolute Gasteiger partial charge is 0.221 e. The number of amides is 1. The van der Waals surface area contributed by atoms with E-state index < -0.39 is 6.10 Å². The Hall–Kier alpha value is -1.26. The van der Waals surface area contributed by atoms with Crippen LogP contribution < -0.4 is 10.1 Å². The van der Waals surface area contributed by atoms with Crippen LogP contribution in [0, 0.1) is 0 Å². The number of halogens is 1. The molecule has 1 atom stereocenters. The molecule has 0 bridgehead atoms. The lowest BCUT2D eigenvalue weighted by Crippen LogP contribution is -2.13. The van der Waals surface area contributed by atoms with Gasteiger partial charge in [0.2, 0.25) is 5.91 Å². The number of aliphatic hydroxyl groups excluding tert-OH is 1. The molecule has 0 aliphatic heterocycles. The maximum absolute atomic E-state index is 10.8. The van der Waals surface area contributed by atoms with Crippen LogP contribution in [0.4, 0.5) is 5.69 Å². The van der Waals surface area contributed by atoms with Crippen molar-refractivity contribution in [2.75, 3.05) is 17.8 Å². The number of carbonyl (C=O) groups is 1. The first-order valence-corrected chi connectivity index (χ1v) is 5.89. The number of alkyl halides is 1.